The lowest BCUT2D eigenvalue weighted by Gasteiger charge is -2.22. The van der Waals surface area contributed by atoms with Crippen LogP contribution in [0.4, 0.5) is 0 Å². The minimum Gasteiger partial charge on any atom is -0.497 e. The van der Waals surface area contributed by atoms with Gasteiger partial charge in [0.1, 0.15) is 11.5 Å². The van der Waals surface area contributed by atoms with Gasteiger partial charge in [-0.3, -0.25) is 4.79 Å². The molecule has 3 N–H and O–H groups in total. The number of hydrogen-bond donors (Lipinski definition) is 2. The summed E-state index contributed by atoms with van der Waals surface area (Å²) in [6.07, 6.45) is 5.19. The maximum atomic E-state index is 12.3. The Morgan fingerprint density at radius 2 is 1.88 bits per heavy atom. The molecule has 0 atom stereocenters. The predicted molar refractivity (Wildman–Crippen MR) is 94.5 cm³/mol. The number of rotatable bonds is 6. The van der Waals surface area contributed by atoms with Crippen molar-refractivity contribution < 1.29 is 14.3 Å². The Kier molecular flexibility index (Phi) is 5.19. The molecule has 1 amide bonds. The van der Waals surface area contributed by atoms with Crippen LogP contribution in [-0.2, 0) is 11.3 Å². The largest absolute Gasteiger partial charge is 0.497 e. The Morgan fingerprint density at radius 1 is 1.20 bits per heavy atom. The number of aromatic nitrogens is 1. The molecule has 0 saturated heterocycles. The number of hydrogen-bond acceptors (Lipinski definition) is 5. The van der Waals surface area contributed by atoms with Crippen LogP contribution < -0.4 is 20.5 Å². The third kappa shape index (κ3) is 4.28. The van der Waals surface area contributed by atoms with Crippen molar-refractivity contribution in [3.8, 4) is 17.4 Å². The van der Waals surface area contributed by atoms with Crippen LogP contribution >= 0.6 is 0 Å². The van der Waals surface area contributed by atoms with E-state index in [1.807, 2.05) is 36.4 Å². The van der Waals surface area contributed by atoms with Gasteiger partial charge in [-0.25, -0.2) is 4.98 Å². The average molecular weight is 341 g/mol. The Labute approximate surface area is 147 Å². The van der Waals surface area contributed by atoms with E-state index in [0.717, 1.165) is 37.0 Å². The van der Waals surface area contributed by atoms with Crippen molar-refractivity contribution in [2.45, 2.75) is 37.8 Å². The molecule has 1 fully saturated rings. The first-order chi connectivity index (χ1) is 12.1. The summed E-state index contributed by atoms with van der Waals surface area (Å²) in [4.78, 5) is 16.5. The summed E-state index contributed by atoms with van der Waals surface area (Å²) in [5.74, 6) is 1.82. The van der Waals surface area contributed by atoms with Crippen molar-refractivity contribution >= 4 is 5.91 Å². The summed E-state index contributed by atoms with van der Waals surface area (Å²) >= 11 is 0. The molecule has 0 radical (unpaired) electrons. The summed E-state index contributed by atoms with van der Waals surface area (Å²) in [5, 5.41) is 2.92. The fourth-order valence-corrected chi connectivity index (χ4v) is 2.97. The highest BCUT2D eigenvalue weighted by Crippen LogP contribution is 2.27. The van der Waals surface area contributed by atoms with Crippen LogP contribution in [0.3, 0.4) is 0 Å². The number of carbonyl (C=O) groups excluding carboxylic acids is 1. The van der Waals surface area contributed by atoms with Gasteiger partial charge in [-0.1, -0.05) is 12.8 Å². The van der Waals surface area contributed by atoms with Crippen LogP contribution in [0.15, 0.2) is 42.6 Å². The molecule has 1 aromatic carbocycles. The lowest BCUT2D eigenvalue weighted by molar-refractivity contribution is -0.126. The SMILES string of the molecule is COc1ccc(Oc2cc(CNC(=O)C3(N)CCCC3)ccn2)cc1. The van der Waals surface area contributed by atoms with Crippen molar-refractivity contribution in [2.24, 2.45) is 5.73 Å². The van der Waals surface area contributed by atoms with Gasteiger partial charge in [-0.2, -0.15) is 0 Å². The van der Waals surface area contributed by atoms with E-state index in [1.165, 1.54) is 0 Å². The quantitative estimate of drug-likeness (QED) is 0.844. The number of ether oxygens (including phenoxy) is 2. The highest BCUT2D eigenvalue weighted by Gasteiger charge is 2.36. The predicted octanol–water partition coefficient (Wildman–Crippen LogP) is 2.77. The number of nitrogens with two attached hydrogens (primary N) is 1. The van der Waals surface area contributed by atoms with Crippen LogP contribution in [0, 0.1) is 0 Å². The van der Waals surface area contributed by atoms with E-state index in [0.29, 0.717) is 18.2 Å². The number of pyridine rings is 1. The molecule has 0 bridgehead atoms. The van der Waals surface area contributed by atoms with E-state index in [4.69, 9.17) is 15.2 Å². The van der Waals surface area contributed by atoms with Crippen LogP contribution in [0.1, 0.15) is 31.2 Å². The van der Waals surface area contributed by atoms with Crippen LogP contribution in [-0.4, -0.2) is 23.5 Å². The van der Waals surface area contributed by atoms with Gasteiger partial charge in [0.05, 0.1) is 12.6 Å². The number of nitrogens with one attached hydrogen (secondary N) is 1. The van der Waals surface area contributed by atoms with E-state index in [2.05, 4.69) is 10.3 Å². The molecule has 0 spiro atoms. The summed E-state index contributed by atoms with van der Waals surface area (Å²) in [6.45, 7) is 0.402. The lowest BCUT2D eigenvalue weighted by Crippen LogP contribution is -2.51. The van der Waals surface area contributed by atoms with Gasteiger partial charge in [-0.05, 0) is 48.7 Å². The zero-order chi connectivity index (χ0) is 17.7. The molecule has 1 aliphatic rings. The smallest absolute Gasteiger partial charge is 0.240 e. The van der Waals surface area contributed by atoms with Crippen molar-refractivity contribution in [3.63, 3.8) is 0 Å². The molecule has 132 valence electrons. The van der Waals surface area contributed by atoms with E-state index in [9.17, 15) is 4.79 Å². The maximum Gasteiger partial charge on any atom is 0.240 e. The topological polar surface area (TPSA) is 86.5 Å². The van der Waals surface area contributed by atoms with Gasteiger partial charge in [0.15, 0.2) is 0 Å². The first-order valence-electron chi connectivity index (χ1n) is 8.43. The zero-order valence-electron chi connectivity index (χ0n) is 14.3. The van der Waals surface area contributed by atoms with E-state index >= 15 is 0 Å². The second-order valence-electron chi connectivity index (χ2n) is 6.33. The molecule has 2 aromatic rings. The fraction of sp³-hybridized carbons (Fsp3) is 0.368. The van der Waals surface area contributed by atoms with Gasteiger partial charge < -0.3 is 20.5 Å². The molecular formula is C19H23N3O3. The molecule has 1 heterocycles. The Morgan fingerprint density at radius 3 is 2.56 bits per heavy atom. The van der Waals surface area contributed by atoms with Crippen molar-refractivity contribution in [2.75, 3.05) is 7.11 Å². The molecule has 3 rings (SSSR count). The van der Waals surface area contributed by atoms with E-state index in [-0.39, 0.29) is 5.91 Å². The molecule has 6 heteroatoms. The molecule has 0 unspecified atom stereocenters. The van der Waals surface area contributed by atoms with Gasteiger partial charge in [0, 0.05) is 18.8 Å². The third-order valence-electron chi connectivity index (χ3n) is 4.48. The number of carbonyl (C=O) groups is 1. The van der Waals surface area contributed by atoms with Crippen molar-refractivity contribution in [1.82, 2.24) is 10.3 Å². The first-order valence-corrected chi connectivity index (χ1v) is 8.43. The van der Waals surface area contributed by atoms with E-state index in [1.54, 1.807) is 13.3 Å². The lowest BCUT2D eigenvalue weighted by atomic mass is 9.98. The van der Waals surface area contributed by atoms with Crippen LogP contribution in [0.25, 0.3) is 0 Å². The zero-order valence-corrected chi connectivity index (χ0v) is 14.3. The number of benzene rings is 1. The second kappa shape index (κ2) is 7.53. The summed E-state index contributed by atoms with van der Waals surface area (Å²) < 4.78 is 10.9. The number of amides is 1. The molecule has 0 aliphatic heterocycles. The van der Waals surface area contributed by atoms with Gasteiger partial charge in [0.2, 0.25) is 11.8 Å². The minimum absolute atomic E-state index is 0.0839. The maximum absolute atomic E-state index is 12.3. The highest BCUT2D eigenvalue weighted by atomic mass is 16.5. The number of nitrogens with zero attached hydrogens (tertiary/aromatic N) is 1. The standard InChI is InChI=1S/C19H23N3O3/c1-24-15-4-6-16(7-5-15)25-17-12-14(8-11-21-17)13-22-18(23)19(20)9-2-3-10-19/h4-8,11-12H,2-3,9-10,13,20H2,1H3,(H,22,23). The summed E-state index contributed by atoms with van der Waals surface area (Å²) in [7, 11) is 1.62. The van der Waals surface area contributed by atoms with Crippen LogP contribution in [0.2, 0.25) is 0 Å². The molecule has 1 aliphatic carbocycles. The molecule has 1 saturated carbocycles. The first kappa shape index (κ1) is 17.2. The van der Waals surface area contributed by atoms with Gasteiger partial charge in [-0.15, -0.1) is 0 Å². The summed E-state index contributed by atoms with van der Waals surface area (Å²) in [5.41, 5.74) is 6.36. The van der Waals surface area contributed by atoms with Crippen molar-refractivity contribution in [3.05, 3.63) is 48.2 Å². The Bertz CT molecular complexity index is 725. The van der Waals surface area contributed by atoms with Gasteiger partial charge >= 0.3 is 0 Å². The van der Waals surface area contributed by atoms with E-state index < -0.39 is 5.54 Å². The minimum atomic E-state index is -0.713. The molecule has 6 nitrogen and oxygen atoms in total. The normalized spacial score (nSPS) is 15.6. The Balaban J connectivity index is 1.60. The number of methoxy groups -OCH3 is 1. The fourth-order valence-electron chi connectivity index (χ4n) is 2.97. The van der Waals surface area contributed by atoms with Crippen LogP contribution in [0.5, 0.6) is 17.4 Å². The average Bonchev–Trinajstić information content (AvgIpc) is 3.09. The second-order valence-corrected chi connectivity index (χ2v) is 6.33. The summed E-state index contributed by atoms with van der Waals surface area (Å²) in [6, 6.07) is 10.9. The molecular weight excluding hydrogens is 318 g/mol. The molecule has 25 heavy (non-hydrogen) atoms. The molecule has 1 aromatic heterocycles. The van der Waals surface area contributed by atoms with Crippen molar-refractivity contribution in [1.29, 1.82) is 0 Å². The van der Waals surface area contributed by atoms with Gasteiger partial charge in [0.25, 0.3) is 0 Å². The third-order valence-corrected chi connectivity index (χ3v) is 4.48. The Hall–Kier alpha value is -2.60. The highest BCUT2D eigenvalue weighted by molar-refractivity contribution is 5.86. The monoisotopic (exact) mass is 341 g/mol.